The third-order valence-electron chi connectivity index (χ3n) is 18.0. The van der Waals surface area contributed by atoms with Crippen molar-refractivity contribution in [1.29, 1.82) is 0 Å². The summed E-state index contributed by atoms with van der Waals surface area (Å²) in [5.41, 5.74) is 17.9. The fraction of sp³-hybridized carbons (Fsp3) is 0.195. The van der Waals surface area contributed by atoms with Crippen LogP contribution in [0, 0.1) is 13.8 Å². The number of carbonyl (C=O) groups excluding carboxylic acids is 4. The Hall–Kier alpha value is -11.5. The maximum absolute atomic E-state index is 12.4. The number of furan rings is 1. The summed E-state index contributed by atoms with van der Waals surface area (Å²) in [5.74, 6) is 5.06. The van der Waals surface area contributed by atoms with Crippen molar-refractivity contribution in [3.8, 4) is 34.3 Å². The number of amides is 4. The summed E-state index contributed by atoms with van der Waals surface area (Å²) < 4.78 is 14.7. The lowest BCUT2D eigenvalue weighted by molar-refractivity contribution is 0.0948. The van der Waals surface area contributed by atoms with Gasteiger partial charge in [-0.1, -0.05) is 132 Å². The van der Waals surface area contributed by atoms with Crippen molar-refractivity contribution in [2.75, 3.05) is 39.3 Å². The minimum absolute atomic E-state index is 0.0157. The molecule has 1 saturated heterocycles. The lowest BCUT2D eigenvalue weighted by Gasteiger charge is -2.15. The molecule has 10 heterocycles. The molecule has 18 nitrogen and oxygen atoms in total. The first-order valence-electron chi connectivity index (χ1n) is 32.5. The highest BCUT2D eigenvalue weighted by molar-refractivity contribution is 6.09. The van der Waals surface area contributed by atoms with Crippen LogP contribution in [-0.4, -0.2) is 106 Å². The van der Waals surface area contributed by atoms with Gasteiger partial charge in [-0.05, 0) is 135 Å². The average molecular weight is 1260 g/mol. The molecule has 18 rings (SSSR count). The normalized spacial score (nSPS) is 14.8. The van der Waals surface area contributed by atoms with E-state index in [1.54, 1.807) is 0 Å². The van der Waals surface area contributed by atoms with E-state index >= 15 is 0 Å². The molecule has 0 aliphatic carbocycles. The Morgan fingerprint density at radius 2 is 0.832 bits per heavy atom. The molecule has 0 atom stereocenters. The number of aromatic nitrogens is 8. The van der Waals surface area contributed by atoms with Gasteiger partial charge in [-0.15, -0.1) is 0 Å². The van der Waals surface area contributed by atoms with Crippen LogP contribution in [0.4, 0.5) is 0 Å². The number of rotatable bonds is 8. The molecule has 0 saturated carbocycles. The van der Waals surface area contributed by atoms with E-state index in [-0.39, 0.29) is 23.6 Å². The van der Waals surface area contributed by atoms with E-state index in [2.05, 4.69) is 119 Å². The second-order valence-corrected chi connectivity index (χ2v) is 24.4. The molecule has 0 radical (unpaired) electrons. The summed E-state index contributed by atoms with van der Waals surface area (Å²) in [5, 5.41) is 11.8. The molecule has 18 heteroatoms. The van der Waals surface area contributed by atoms with Gasteiger partial charge in [-0.3, -0.25) is 24.1 Å². The van der Waals surface area contributed by atoms with Gasteiger partial charge in [-0.2, -0.15) is 0 Å². The van der Waals surface area contributed by atoms with Gasteiger partial charge in [0.2, 0.25) is 0 Å². The van der Waals surface area contributed by atoms with Crippen LogP contribution >= 0.6 is 0 Å². The summed E-state index contributed by atoms with van der Waals surface area (Å²) in [4.78, 5) is 70.5. The van der Waals surface area contributed by atoms with E-state index in [1.165, 1.54) is 24.0 Å². The predicted molar refractivity (Wildman–Crippen MR) is 371 cm³/mol. The third-order valence-corrected chi connectivity index (χ3v) is 18.0. The molecule has 5 aliphatic rings. The molecule has 0 unspecified atom stereocenters. The quantitative estimate of drug-likeness (QED) is 0.113. The van der Waals surface area contributed by atoms with Crippen molar-refractivity contribution >= 4 is 79.4 Å². The number of nitrogens with zero attached hydrogens (tertiary/aromatic N) is 9. The molecule has 4 N–H and O–H groups in total. The highest BCUT2D eigenvalue weighted by Crippen LogP contribution is 2.35. The van der Waals surface area contributed by atoms with Crippen molar-refractivity contribution in [2.24, 2.45) is 0 Å². The predicted octanol–water partition coefficient (Wildman–Crippen LogP) is 12.5. The van der Waals surface area contributed by atoms with Gasteiger partial charge < -0.3 is 44.0 Å². The Kier molecular flexibility index (Phi) is 16.3. The number of benzene rings is 8. The highest BCUT2D eigenvalue weighted by Gasteiger charge is 2.27. The molecule has 1 fully saturated rings. The first-order chi connectivity index (χ1) is 46.6. The molecule has 5 aromatic heterocycles. The van der Waals surface area contributed by atoms with Crippen molar-refractivity contribution in [2.45, 2.75) is 59.4 Å². The zero-order chi connectivity index (χ0) is 64.5. The Balaban J connectivity index is 0.000000105. The van der Waals surface area contributed by atoms with Crippen LogP contribution < -0.4 is 21.3 Å². The van der Waals surface area contributed by atoms with Gasteiger partial charge in [0.25, 0.3) is 23.6 Å². The summed E-state index contributed by atoms with van der Waals surface area (Å²) in [6.45, 7) is 12.7. The zero-order valence-electron chi connectivity index (χ0n) is 52.8. The molecular formula is C77H69N13O5. The van der Waals surface area contributed by atoms with E-state index < -0.39 is 0 Å². The summed E-state index contributed by atoms with van der Waals surface area (Å²) in [6, 6.07) is 64.0. The molecule has 8 aromatic carbocycles. The molecule has 4 amide bonds. The van der Waals surface area contributed by atoms with Gasteiger partial charge in [0, 0.05) is 63.5 Å². The van der Waals surface area contributed by atoms with Crippen LogP contribution in [-0.2, 0) is 32.7 Å². The SMILES string of the molecule is Cc1cccc(-c2ccc(-c3nc4cccc5c4n3CCNC5=O)o2)c1.Cc1cccc(-c2nc3cccc4c3n2CCNC4=O)c1.O=C1NCCn2c(C=C(c3ccccc3)c3ccccc3)nc3cccc1c32.O=C1NCCn2c(CN3CCCC3)nc3cccc1c32. The topological polar surface area (TPSA) is 204 Å². The fourth-order valence-corrected chi connectivity index (χ4v) is 13.6. The minimum atomic E-state index is -0.0549. The second kappa shape index (κ2) is 25.9. The molecule has 5 aliphatic heterocycles. The molecular weight excluding hydrogens is 1190 g/mol. The number of hydrogen-bond acceptors (Lipinski definition) is 10. The van der Waals surface area contributed by atoms with Gasteiger partial charge in [-0.25, -0.2) is 19.9 Å². The van der Waals surface area contributed by atoms with Crippen molar-refractivity contribution in [3.63, 3.8) is 0 Å². The molecule has 95 heavy (non-hydrogen) atoms. The number of para-hydroxylation sites is 4. The standard InChI is InChI=1S/C24H19N3O.C21H17N3O2.C17H15N3O.C15H18N4O/c28-24-19-12-7-13-21-23(19)27(15-14-25-24)22(26-21)16-20(17-8-3-1-4-9-17)18-10-5-2-6-11-18;1-13-4-2-5-14(12-13)17-8-9-18(26-17)20-23-16-7-3-6-15-19(16)24(20)11-10-22-21(15)25;1-11-4-2-5-12(10-11)16-19-14-7-3-6-13-15(14)20(16)9-8-18-17(13)21;20-15-11-4-3-5-12-14(11)19(9-6-16-15)13(17-12)10-18-7-1-2-8-18/h1-13,16H,14-15H2,(H,25,28);2-9,12H,10-11H2,1H3,(H,22,25);2-7,10H,8-9H2,1H3,(H,18,21);3-5H,1-2,6-10H2,(H,16,20). The van der Waals surface area contributed by atoms with E-state index in [0.717, 1.165) is 139 Å². The lowest BCUT2D eigenvalue weighted by atomic mass is 9.97. The van der Waals surface area contributed by atoms with Crippen LogP contribution in [0.15, 0.2) is 199 Å². The number of imidazole rings is 4. The van der Waals surface area contributed by atoms with Crippen LogP contribution in [0.25, 0.3) is 90.1 Å². The first-order valence-corrected chi connectivity index (χ1v) is 32.5. The Morgan fingerprint density at radius 3 is 1.37 bits per heavy atom. The van der Waals surface area contributed by atoms with E-state index in [0.29, 0.717) is 61.7 Å². The zero-order valence-corrected chi connectivity index (χ0v) is 52.8. The number of hydrogen-bond donors (Lipinski definition) is 4. The number of aryl methyl sites for hydroxylation is 2. The molecule has 472 valence electrons. The van der Waals surface area contributed by atoms with Crippen molar-refractivity contribution < 1.29 is 23.6 Å². The van der Waals surface area contributed by atoms with E-state index in [4.69, 9.17) is 24.4 Å². The third kappa shape index (κ3) is 11.8. The molecule has 13 aromatic rings. The Bertz CT molecular complexity index is 5100. The minimum Gasteiger partial charge on any atom is -0.453 e. The number of nitrogens with one attached hydrogen (secondary N) is 4. The van der Waals surface area contributed by atoms with Crippen molar-refractivity contribution in [3.05, 3.63) is 250 Å². The molecule has 0 bridgehead atoms. The maximum Gasteiger partial charge on any atom is 0.253 e. The number of carbonyl (C=O) groups is 4. The Morgan fingerprint density at radius 1 is 0.411 bits per heavy atom. The summed E-state index contributed by atoms with van der Waals surface area (Å²) in [6.07, 6.45) is 4.70. The summed E-state index contributed by atoms with van der Waals surface area (Å²) >= 11 is 0. The molecule has 0 spiro atoms. The van der Waals surface area contributed by atoms with E-state index in [1.807, 2.05) is 140 Å². The largest absolute Gasteiger partial charge is 0.453 e. The first kappa shape index (κ1) is 59.8. The lowest BCUT2D eigenvalue weighted by Crippen LogP contribution is -2.25. The van der Waals surface area contributed by atoms with Gasteiger partial charge in [0.1, 0.15) is 23.2 Å². The highest BCUT2D eigenvalue weighted by atomic mass is 16.3. The van der Waals surface area contributed by atoms with Gasteiger partial charge in [0.15, 0.2) is 11.6 Å². The monoisotopic (exact) mass is 1260 g/mol. The summed E-state index contributed by atoms with van der Waals surface area (Å²) in [7, 11) is 0. The number of likely N-dealkylation sites (tertiary alicyclic amines) is 1. The second-order valence-electron chi connectivity index (χ2n) is 24.4. The van der Waals surface area contributed by atoms with E-state index in [9.17, 15) is 19.2 Å². The van der Waals surface area contributed by atoms with Gasteiger partial charge in [0.05, 0.1) is 72.9 Å². The van der Waals surface area contributed by atoms with Crippen LogP contribution in [0.2, 0.25) is 0 Å². The van der Waals surface area contributed by atoms with Crippen LogP contribution in [0.3, 0.4) is 0 Å². The van der Waals surface area contributed by atoms with Crippen molar-refractivity contribution in [1.82, 2.24) is 64.4 Å². The van der Waals surface area contributed by atoms with Crippen LogP contribution in [0.1, 0.15) is 88.2 Å². The fourth-order valence-electron chi connectivity index (χ4n) is 13.6. The maximum atomic E-state index is 12.4. The smallest absolute Gasteiger partial charge is 0.253 e. The van der Waals surface area contributed by atoms with Crippen LogP contribution in [0.5, 0.6) is 0 Å². The average Bonchev–Trinajstić information content (AvgIpc) is 1.62. The van der Waals surface area contributed by atoms with Gasteiger partial charge >= 0.3 is 0 Å². The Labute approximate surface area is 548 Å².